The van der Waals surface area contributed by atoms with Crippen molar-refractivity contribution in [2.75, 3.05) is 33.9 Å². The first-order valence-electron chi connectivity index (χ1n) is 17.7. The molecule has 0 amide bonds. The zero-order valence-corrected chi connectivity index (χ0v) is 29.3. The van der Waals surface area contributed by atoms with E-state index in [-0.39, 0.29) is 24.0 Å². The third-order valence-electron chi connectivity index (χ3n) is 8.26. The smallest absolute Gasteiger partial charge is 0.306 e. The van der Waals surface area contributed by atoms with E-state index in [1.807, 2.05) is 14.1 Å². The maximum atomic E-state index is 12.5. The Morgan fingerprint density at radius 2 is 1.02 bits per heavy atom. The normalized spacial score (nSPS) is 13.0. The van der Waals surface area contributed by atoms with Crippen LogP contribution < -0.4 is 0 Å². The van der Waals surface area contributed by atoms with Crippen LogP contribution in [0.15, 0.2) is 0 Å². The van der Waals surface area contributed by atoms with Crippen LogP contribution in [-0.2, 0) is 28.6 Å². The molecule has 2 atom stereocenters. The lowest BCUT2D eigenvalue weighted by Crippen LogP contribution is -2.20. The van der Waals surface area contributed by atoms with Gasteiger partial charge in [-0.25, -0.2) is 0 Å². The van der Waals surface area contributed by atoms with Gasteiger partial charge in [-0.15, -0.1) is 0 Å². The highest BCUT2D eigenvalue weighted by Crippen LogP contribution is 2.18. The highest BCUT2D eigenvalue weighted by atomic mass is 16.5. The minimum absolute atomic E-state index is 0.0177. The highest BCUT2D eigenvalue weighted by molar-refractivity contribution is 5.70. The van der Waals surface area contributed by atoms with E-state index in [2.05, 4.69) is 39.5 Å². The molecule has 2 unspecified atom stereocenters. The summed E-state index contributed by atoms with van der Waals surface area (Å²) in [7, 11) is 4.03. The minimum atomic E-state index is -0.0833. The Bertz CT molecular complexity index is 693. The second-order valence-corrected chi connectivity index (χ2v) is 13.6. The molecular weight excluding hydrogens is 542 g/mol. The fraction of sp³-hybridized carbons (Fsp3) is 0.917. The largest absolute Gasteiger partial charge is 0.466 e. The molecule has 0 aliphatic carbocycles. The molecule has 0 fully saturated rings. The van der Waals surface area contributed by atoms with Crippen LogP contribution in [0.25, 0.3) is 0 Å². The quantitative estimate of drug-likeness (QED) is 0.0474. The Hall–Kier alpha value is -1.63. The lowest BCUT2D eigenvalue weighted by atomic mass is 9.95. The second-order valence-electron chi connectivity index (χ2n) is 13.6. The van der Waals surface area contributed by atoms with Crippen LogP contribution in [0.2, 0.25) is 0 Å². The number of nitrogens with zero attached hydrogens (tertiary/aromatic N) is 1. The van der Waals surface area contributed by atoms with Crippen molar-refractivity contribution in [1.29, 1.82) is 0 Å². The van der Waals surface area contributed by atoms with E-state index in [9.17, 15) is 14.4 Å². The monoisotopic (exact) mass is 612 g/mol. The van der Waals surface area contributed by atoms with Crippen LogP contribution in [0.1, 0.15) is 157 Å². The Kier molecular flexibility index (Phi) is 26.8. The van der Waals surface area contributed by atoms with Crippen LogP contribution in [0.4, 0.5) is 0 Å². The molecule has 0 saturated carbocycles. The van der Waals surface area contributed by atoms with Crippen molar-refractivity contribution >= 4 is 17.9 Å². The van der Waals surface area contributed by atoms with Crippen LogP contribution in [0.3, 0.4) is 0 Å². The van der Waals surface area contributed by atoms with Gasteiger partial charge in [0.15, 0.2) is 0 Å². The van der Waals surface area contributed by atoms with E-state index >= 15 is 0 Å². The van der Waals surface area contributed by atoms with Crippen molar-refractivity contribution in [1.82, 2.24) is 4.90 Å². The summed E-state index contributed by atoms with van der Waals surface area (Å²) in [6.07, 6.45) is 17.3. The van der Waals surface area contributed by atoms with Gasteiger partial charge in [-0.05, 0) is 103 Å². The van der Waals surface area contributed by atoms with E-state index in [0.29, 0.717) is 50.2 Å². The Morgan fingerprint density at radius 1 is 0.535 bits per heavy atom. The predicted octanol–water partition coefficient (Wildman–Crippen LogP) is 8.91. The van der Waals surface area contributed by atoms with Crippen LogP contribution in [0.5, 0.6) is 0 Å². The molecule has 0 N–H and O–H groups in total. The van der Waals surface area contributed by atoms with E-state index < -0.39 is 0 Å². The molecule has 0 spiro atoms. The van der Waals surface area contributed by atoms with Gasteiger partial charge in [-0.3, -0.25) is 14.4 Å². The first kappa shape index (κ1) is 41.4. The molecule has 43 heavy (non-hydrogen) atoms. The molecule has 0 rings (SSSR count). The zero-order valence-electron chi connectivity index (χ0n) is 29.3. The summed E-state index contributed by atoms with van der Waals surface area (Å²) >= 11 is 0. The summed E-state index contributed by atoms with van der Waals surface area (Å²) < 4.78 is 16.6. The summed E-state index contributed by atoms with van der Waals surface area (Å²) in [5.41, 5.74) is 0. The Labute approximate surface area is 265 Å². The summed E-state index contributed by atoms with van der Waals surface area (Å²) in [6.45, 7) is 12.9. The van der Waals surface area contributed by atoms with E-state index in [1.165, 1.54) is 0 Å². The van der Waals surface area contributed by atoms with Crippen molar-refractivity contribution in [3.05, 3.63) is 0 Å². The van der Waals surface area contributed by atoms with Crippen LogP contribution >= 0.6 is 0 Å². The predicted molar refractivity (Wildman–Crippen MR) is 177 cm³/mol. The molecule has 0 radical (unpaired) electrons. The van der Waals surface area contributed by atoms with Crippen molar-refractivity contribution in [3.8, 4) is 0 Å². The summed E-state index contributed by atoms with van der Waals surface area (Å²) in [5.74, 6) is 1.60. The Balaban J connectivity index is 4.15. The van der Waals surface area contributed by atoms with Gasteiger partial charge in [0.2, 0.25) is 0 Å². The lowest BCUT2D eigenvalue weighted by molar-refractivity contribution is -0.150. The molecule has 0 aliphatic heterocycles. The fourth-order valence-electron chi connectivity index (χ4n) is 4.90. The molecular formula is C36H69NO6. The number of carbonyl (C=O) groups is 3. The standard InChI is InChI=1S/C36H69NO6/c1-30(2)20-19-28-41-34(38)23-16-12-8-10-14-21-33(43-36(40)25-18-27-37(6)7)22-15-11-9-13-17-24-35(39)42-29-26-32(5)31(3)4/h30-33H,8-29H2,1-7H3. The van der Waals surface area contributed by atoms with Gasteiger partial charge in [-0.1, -0.05) is 73.1 Å². The molecule has 0 heterocycles. The molecule has 0 aromatic rings. The maximum Gasteiger partial charge on any atom is 0.306 e. The molecule has 0 aliphatic rings. The van der Waals surface area contributed by atoms with Gasteiger partial charge in [-0.2, -0.15) is 0 Å². The van der Waals surface area contributed by atoms with E-state index in [1.54, 1.807) is 0 Å². The van der Waals surface area contributed by atoms with Crippen molar-refractivity contribution in [3.63, 3.8) is 0 Å². The lowest BCUT2D eigenvalue weighted by Gasteiger charge is -2.18. The third kappa shape index (κ3) is 28.9. The highest BCUT2D eigenvalue weighted by Gasteiger charge is 2.15. The number of carbonyl (C=O) groups excluding carboxylic acids is 3. The van der Waals surface area contributed by atoms with Crippen molar-refractivity contribution < 1.29 is 28.6 Å². The fourth-order valence-corrected chi connectivity index (χ4v) is 4.90. The number of hydrogen-bond acceptors (Lipinski definition) is 7. The minimum Gasteiger partial charge on any atom is -0.466 e. The van der Waals surface area contributed by atoms with Crippen LogP contribution in [0, 0.1) is 17.8 Å². The number of hydrogen-bond donors (Lipinski definition) is 0. The number of unbranched alkanes of at least 4 members (excludes halogenated alkanes) is 8. The zero-order chi connectivity index (χ0) is 32.3. The molecule has 0 aromatic carbocycles. The molecule has 0 saturated heterocycles. The molecule has 0 bridgehead atoms. The average molecular weight is 612 g/mol. The first-order chi connectivity index (χ1) is 20.5. The van der Waals surface area contributed by atoms with Gasteiger partial charge in [0, 0.05) is 19.3 Å². The maximum absolute atomic E-state index is 12.5. The van der Waals surface area contributed by atoms with Gasteiger partial charge >= 0.3 is 17.9 Å². The van der Waals surface area contributed by atoms with Gasteiger partial charge < -0.3 is 19.1 Å². The van der Waals surface area contributed by atoms with Gasteiger partial charge in [0.05, 0.1) is 13.2 Å². The topological polar surface area (TPSA) is 82.1 Å². The van der Waals surface area contributed by atoms with E-state index in [4.69, 9.17) is 14.2 Å². The number of esters is 3. The molecule has 0 aromatic heterocycles. The second kappa shape index (κ2) is 27.9. The van der Waals surface area contributed by atoms with Gasteiger partial charge in [0.25, 0.3) is 0 Å². The SMILES string of the molecule is CC(C)CCCOC(=O)CCCCCCCC(CCCCCCCC(=O)OCCC(C)C(C)C)OC(=O)CCCN(C)C. The molecule has 7 nitrogen and oxygen atoms in total. The third-order valence-corrected chi connectivity index (χ3v) is 8.26. The number of rotatable bonds is 29. The van der Waals surface area contributed by atoms with E-state index in [0.717, 1.165) is 109 Å². The van der Waals surface area contributed by atoms with Crippen LogP contribution in [-0.4, -0.2) is 62.8 Å². The van der Waals surface area contributed by atoms with Crippen molar-refractivity contribution in [2.24, 2.45) is 17.8 Å². The average Bonchev–Trinajstić information content (AvgIpc) is 2.93. The molecule has 7 heteroatoms. The van der Waals surface area contributed by atoms with Gasteiger partial charge in [0.1, 0.15) is 6.10 Å². The van der Waals surface area contributed by atoms with Crippen molar-refractivity contribution in [2.45, 2.75) is 163 Å². The molecule has 254 valence electrons. The summed E-state index contributed by atoms with van der Waals surface area (Å²) in [4.78, 5) is 38.4. The Morgan fingerprint density at radius 3 is 1.53 bits per heavy atom. The summed E-state index contributed by atoms with van der Waals surface area (Å²) in [5, 5.41) is 0. The first-order valence-corrected chi connectivity index (χ1v) is 17.7. The summed E-state index contributed by atoms with van der Waals surface area (Å²) in [6, 6.07) is 0. The number of ether oxygens (including phenoxy) is 3.